The summed E-state index contributed by atoms with van der Waals surface area (Å²) >= 11 is 0. The Kier molecular flexibility index (Phi) is 2.98. The van der Waals surface area contributed by atoms with Crippen LogP contribution in [0.25, 0.3) is 0 Å². The predicted octanol–water partition coefficient (Wildman–Crippen LogP) is 1.02. The van der Waals surface area contributed by atoms with Gasteiger partial charge in [0, 0.05) is 12.1 Å². The topological polar surface area (TPSA) is 79.5 Å². The number of sulfone groups is 1. The smallest absolute Gasteiger partial charge is 0.308 e. The molecule has 0 fully saturated rings. The minimum Gasteiger partial charge on any atom is -0.618 e. The van der Waals surface area contributed by atoms with Crippen molar-refractivity contribution in [1.29, 1.82) is 0 Å². The largest absolute Gasteiger partial charge is 0.618 e. The zero-order chi connectivity index (χ0) is 14.2. The molecule has 0 spiro atoms. The van der Waals surface area contributed by atoms with Crippen molar-refractivity contribution < 1.29 is 22.6 Å². The number of pyridine rings is 1. The Morgan fingerprint density at radius 1 is 1.15 bits per heavy atom. The van der Waals surface area contributed by atoms with Crippen LogP contribution in [0.1, 0.15) is 5.56 Å². The van der Waals surface area contributed by atoms with Crippen LogP contribution in [-0.4, -0.2) is 15.2 Å². The molecule has 20 heavy (non-hydrogen) atoms. The molecule has 3 rings (SSSR count). The molecule has 2 heterocycles. The molecule has 7 heteroatoms. The first kappa shape index (κ1) is 12.7. The molecule has 6 nitrogen and oxygen atoms in total. The van der Waals surface area contributed by atoms with Crippen LogP contribution in [0.2, 0.25) is 0 Å². The Labute approximate surface area is 115 Å². The summed E-state index contributed by atoms with van der Waals surface area (Å²) in [5, 5.41) is 11.3. The number of hydrogen-bond acceptors (Lipinski definition) is 5. The fourth-order valence-corrected chi connectivity index (χ4v) is 3.36. The number of hydrogen-bond donors (Lipinski definition) is 0. The maximum Gasteiger partial charge on any atom is 0.308 e. The fraction of sp³-hybridized carbons (Fsp3) is 0.154. The van der Waals surface area contributed by atoms with Crippen LogP contribution in [0.3, 0.4) is 0 Å². The van der Waals surface area contributed by atoms with E-state index in [2.05, 4.69) is 0 Å². The van der Waals surface area contributed by atoms with Crippen LogP contribution in [-0.2, 0) is 15.6 Å². The SMILES string of the molecule is O=S(=O)(Cc1ccc2c(c1)OCO2)c1cccc[n+]1[O-]. The van der Waals surface area contributed by atoms with Gasteiger partial charge in [0.25, 0.3) is 0 Å². The van der Waals surface area contributed by atoms with Crippen molar-refractivity contribution >= 4 is 9.84 Å². The van der Waals surface area contributed by atoms with E-state index in [0.29, 0.717) is 21.8 Å². The average molecular weight is 293 g/mol. The predicted molar refractivity (Wildman–Crippen MR) is 68.9 cm³/mol. The maximum absolute atomic E-state index is 12.2. The molecule has 1 aliphatic heterocycles. The first-order valence-corrected chi connectivity index (χ1v) is 7.51. The molecular weight excluding hydrogens is 282 g/mol. The molecule has 0 aliphatic carbocycles. The molecule has 104 valence electrons. The van der Waals surface area contributed by atoms with E-state index in [9.17, 15) is 13.6 Å². The number of aromatic nitrogens is 1. The molecular formula is C13H11NO5S. The van der Waals surface area contributed by atoms with E-state index in [4.69, 9.17) is 9.47 Å². The molecule has 0 bridgehead atoms. The number of fused-ring (bicyclic) bond motifs is 1. The molecule has 1 aliphatic rings. The van der Waals surface area contributed by atoms with E-state index < -0.39 is 9.84 Å². The highest BCUT2D eigenvalue weighted by molar-refractivity contribution is 7.90. The number of nitrogens with zero attached hydrogens (tertiary/aromatic N) is 1. The molecule has 1 aromatic carbocycles. The molecule has 0 amide bonds. The zero-order valence-corrected chi connectivity index (χ0v) is 11.2. The van der Waals surface area contributed by atoms with Crippen LogP contribution >= 0.6 is 0 Å². The second kappa shape index (κ2) is 4.68. The van der Waals surface area contributed by atoms with Gasteiger partial charge in [-0.1, -0.05) is 6.07 Å². The van der Waals surface area contributed by atoms with Gasteiger partial charge in [-0.05, 0) is 23.8 Å². The number of rotatable bonds is 3. The Morgan fingerprint density at radius 3 is 2.75 bits per heavy atom. The van der Waals surface area contributed by atoms with E-state index in [1.807, 2.05) is 0 Å². The summed E-state index contributed by atoms with van der Waals surface area (Å²) in [6.45, 7) is 0.130. The van der Waals surface area contributed by atoms with Crippen LogP contribution < -0.4 is 14.2 Å². The minimum absolute atomic E-state index is 0.130. The average Bonchev–Trinajstić information content (AvgIpc) is 2.86. The summed E-state index contributed by atoms with van der Waals surface area (Å²) in [5.74, 6) is 0.834. The second-order valence-electron chi connectivity index (χ2n) is 4.31. The van der Waals surface area contributed by atoms with Crippen molar-refractivity contribution in [3.05, 3.63) is 53.4 Å². The summed E-state index contributed by atoms with van der Waals surface area (Å²) in [6.07, 6.45) is 1.16. The molecule has 0 radical (unpaired) electrons. The standard InChI is InChI=1S/C13H11NO5S/c15-14-6-2-1-3-13(14)20(16,17)8-10-4-5-11-12(7-10)19-9-18-11/h1-7H,8-9H2. The van der Waals surface area contributed by atoms with E-state index in [1.165, 1.54) is 18.2 Å². The molecule has 0 atom stereocenters. The Bertz CT molecular complexity index is 757. The summed E-state index contributed by atoms with van der Waals surface area (Å²) in [5.41, 5.74) is 0.540. The highest BCUT2D eigenvalue weighted by Crippen LogP contribution is 2.33. The van der Waals surface area contributed by atoms with Gasteiger partial charge in [0.15, 0.2) is 17.7 Å². The molecule has 0 saturated heterocycles. The summed E-state index contributed by atoms with van der Waals surface area (Å²) < 4.78 is 35.2. The summed E-state index contributed by atoms with van der Waals surface area (Å²) in [7, 11) is -3.71. The molecule has 0 N–H and O–H groups in total. The lowest BCUT2D eigenvalue weighted by Gasteiger charge is -2.06. The molecule has 0 unspecified atom stereocenters. The molecule has 2 aromatic rings. The van der Waals surface area contributed by atoms with Crippen molar-refractivity contribution in [3.63, 3.8) is 0 Å². The molecule has 1 aromatic heterocycles. The lowest BCUT2D eigenvalue weighted by molar-refractivity contribution is -0.646. The zero-order valence-electron chi connectivity index (χ0n) is 10.4. The number of benzene rings is 1. The molecule has 0 saturated carbocycles. The maximum atomic E-state index is 12.2. The lowest BCUT2D eigenvalue weighted by Crippen LogP contribution is -2.33. The lowest BCUT2D eigenvalue weighted by atomic mass is 10.2. The monoisotopic (exact) mass is 293 g/mol. The van der Waals surface area contributed by atoms with E-state index in [-0.39, 0.29) is 17.6 Å². The van der Waals surface area contributed by atoms with Crippen molar-refractivity contribution in [1.82, 2.24) is 0 Å². The third-order valence-corrected chi connectivity index (χ3v) is 4.57. The van der Waals surface area contributed by atoms with Gasteiger partial charge >= 0.3 is 5.03 Å². The van der Waals surface area contributed by atoms with E-state index in [0.717, 1.165) is 6.20 Å². The Hall–Kier alpha value is -2.28. The third-order valence-electron chi connectivity index (χ3n) is 2.90. The highest BCUT2D eigenvalue weighted by atomic mass is 32.2. The van der Waals surface area contributed by atoms with Crippen molar-refractivity contribution in [2.45, 2.75) is 10.8 Å². The summed E-state index contributed by atoms with van der Waals surface area (Å²) in [6, 6.07) is 9.19. The first-order valence-electron chi connectivity index (χ1n) is 5.86. The van der Waals surface area contributed by atoms with Crippen molar-refractivity contribution in [2.75, 3.05) is 6.79 Å². The van der Waals surface area contributed by atoms with E-state index >= 15 is 0 Å². The highest BCUT2D eigenvalue weighted by Gasteiger charge is 2.24. The van der Waals surface area contributed by atoms with E-state index in [1.54, 1.807) is 18.2 Å². The fourth-order valence-electron chi connectivity index (χ4n) is 1.98. The Balaban J connectivity index is 1.93. The van der Waals surface area contributed by atoms with Crippen LogP contribution in [0.4, 0.5) is 0 Å². The van der Waals surface area contributed by atoms with Gasteiger partial charge in [0.1, 0.15) is 0 Å². The van der Waals surface area contributed by atoms with Crippen LogP contribution in [0.5, 0.6) is 11.5 Å². The normalized spacial score (nSPS) is 13.4. The van der Waals surface area contributed by atoms with Gasteiger partial charge in [-0.3, -0.25) is 0 Å². The van der Waals surface area contributed by atoms with Gasteiger partial charge in [-0.25, -0.2) is 8.42 Å². The van der Waals surface area contributed by atoms with Crippen molar-refractivity contribution in [3.8, 4) is 11.5 Å². The Morgan fingerprint density at radius 2 is 1.95 bits per heavy atom. The summed E-state index contributed by atoms with van der Waals surface area (Å²) in [4.78, 5) is 0. The van der Waals surface area contributed by atoms with Gasteiger partial charge in [0.2, 0.25) is 16.6 Å². The minimum atomic E-state index is -3.71. The van der Waals surface area contributed by atoms with Gasteiger partial charge in [-0.15, -0.1) is 0 Å². The second-order valence-corrected chi connectivity index (χ2v) is 6.25. The van der Waals surface area contributed by atoms with Gasteiger partial charge < -0.3 is 14.7 Å². The quantitative estimate of drug-likeness (QED) is 0.623. The van der Waals surface area contributed by atoms with Crippen LogP contribution in [0.15, 0.2) is 47.6 Å². The van der Waals surface area contributed by atoms with Crippen LogP contribution in [0, 0.1) is 5.21 Å². The van der Waals surface area contributed by atoms with Gasteiger partial charge in [-0.2, -0.15) is 4.73 Å². The van der Waals surface area contributed by atoms with Crippen molar-refractivity contribution in [2.24, 2.45) is 0 Å². The van der Waals surface area contributed by atoms with Gasteiger partial charge in [0.05, 0.1) is 5.75 Å². The number of ether oxygens (including phenoxy) is 2. The third kappa shape index (κ3) is 2.27. The first-order chi connectivity index (χ1) is 9.56.